The van der Waals surface area contributed by atoms with Gasteiger partial charge in [0, 0.05) is 18.9 Å². The highest BCUT2D eigenvalue weighted by atomic mass is 16.4. The van der Waals surface area contributed by atoms with Crippen molar-refractivity contribution >= 4 is 11.9 Å². The number of carbonyl (C=O) groups is 2. The van der Waals surface area contributed by atoms with Crippen LogP contribution in [-0.4, -0.2) is 23.5 Å². The van der Waals surface area contributed by atoms with E-state index >= 15 is 0 Å². The van der Waals surface area contributed by atoms with Gasteiger partial charge in [-0.05, 0) is 25.7 Å². The van der Waals surface area contributed by atoms with Gasteiger partial charge < -0.3 is 10.4 Å². The highest BCUT2D eigenvalue weighted by Gasteiger charge is 2.19. The first-order valence-corrected chi connectivity index (χ1v) is 7.69. The Morgan fingerprint density at radius 2 is 1.58 bits per heavy atom. The summed E-state index contributed by atoms with van der Waals surface area (Å²) >= 11 is 0. The average molecular weight is 269 g/mol. The topological polar surface area (TPSA) is 66.4 Å². The van der Waals surface area contributed by atoms with Crippen molar-refractivity contribution in [2.24, 2.45) is 5.92 Å². The van der Waals surface area contributed by atoms with Crippen LogP contribution in [-0.2, 0) is 9.59 Å². The molecule has 4 heteroatoms. The summed E-state index contributed by atoms with van der Waals surface area (Å²) in [4.78, 5) is 22.3. The average Bonchev–Trinajstić information content (AvgIpc) is 2.66. The Kier molecular flexibility index (Phi) is 8.26. The molecule has 0 spiro atoms. The van der Waals surface area contributed by atoms with E-state index in [1.165, 1.54) is 25.7 Å². The summed E-state index contributed by atoms with van der Waals surface area (Å²) < 4.78 is 0. The Bertz CT molecular complexity index is 271. The monoisotopic (exact) mass is 269 g/mol. The first kappa shape index (κ1) is 16.0. The van der Waals surface area contributed by atoms with Crippen LogP contribution in [0.3, 0.4) is 0 Å². The van der Waals surface area contributed by atoms with E-state index in [4.69, 9.17) is 5.11 Å². The Hall–Kier alpha value is -1.06. The van der Waals surface area contributed by atoms with Crippen LogP contribution in [0.2, 0.25) is 0 Å². The second kappa shape index (κ2) is 9.82. The van der Waals surface area contributed by atoms with Gasteiger partial charge >= 0.3 is 5.97 Å². The molecule has 19 heavy (non-hydrogen) atoms. The molecule has 110 valence electrons. The quantitative estimate of drug-likeness (QED) is 0.525. The van der Waals surface area contributed by atoms with Gasteiger partial charge in [-0.3, -0.25) is 9.59 Å². The van der Waals surface area contributed by atoms with Gasteiger partial charge in [0.25, 0.3) is 0 Å². The molecule has 0 aliphatic heterocycles. The van der Waals surface area contributed by atoms with E-state index in [1.807, 2.05) is 0 Å². The van der Waals surface area contributed by atoms with Gasteiger partial charge in [-0.1, -0.05) is 38.5 Å². The van der Waals surface area contributed by atoms with Gasteiger partial charge in [0.05, 0.1) is 0 Å². The number of unbranched alkanes of at least 4 members (excludes halogenated alkanes) is 3. The molecule has 0 bridgehead atoms. The first-order chi connectivity index (χ1) is 9.20. The fourth-order valence-corrected chi connectivity index (χ4v) is 2.65. The molecular formula is C15H27NO3. The molecule has 1 amide bonds. The lowest BCUT2D eigenvalue weighted by atomic mass is 9.99. The number of nitrogens with one attached hydrogen (secondary N) is 1. The zero-order chi connectivity index (χ0) is 13.9. The summed E-state index contributed by atoms with van der Waals surface area (Å²) in [7, 11) is 0. The van der Waals surface area contributed by atoms with E-state index in [0.717, 1.165) is 45.1 Å². The van der Waals surface area contributed by atoms with Gasteiger partial charge in [-0.2, -0.15) is 0 Å². The number of hydrogen-bond donors (Lipinski definition) is 2. The lowest BCUT2D eigenvalue weighted by Crippen LogP contribution is -2.31. The molecule has 0 unspecified atom stereocenters. The van der Waals surface area contributed by atoms with Gasteiger partial charge in [-0.15, -0.1) is 0 Å². The summed E-state index contributed by atoms with van der Waals surface area (Å²) in [6, 6.07) is 0. The molecule has 1 saturated carbocycles. The van der Waals surface area contributed by atoms with Crippen LogP contribution in [0.1, 0.15) is 70.6 Å². The van der Waals surface area contributed by atoms with Crippen molar-refractivity contribution < 1.29 is 14.7 Å². The predicted octanol–water partition coefficient (Wildman–Crippen LogP) is 3.11. The standard InChI is InChI=1S/C15H27NO3/c17-14(18)11-7-3-4-8-12-16-15(19)13-9-5-1-2-6-10-13/h13H,1-12H2,(H,16,19)(H,17,18). The van der Waals surface area contributed by atoms with Crippen molar-refractivity contribution in [2.45, 2.75) is 70.6 Å². The zero-order valence-corrected chi connectivity index (χ0v) is 11.8. The van der Waals surface area contributed by atoms with Gasteiger partial charge in [0.1, 0.15) is 0 Å². The van der Waals surface area contributed by atoms with E-state index in [9.17, 15) is 9.59 Å². The number of rotatable bonds is 8. The minimum Gasteiger partial charge on any atom is -0.481 e. The van der Waals surface area contributed by atoms with E-state index in [0.29, 0.717) is 0 Å². The molecule has 1 aliphatic carbocycles. The lowest BCUT2D eigenvalue weighted by molar-refractivity contribution is -0.137. The number of amides is 1. The van der Waals surface area contributed by atoms with E-state index in [2.05, 4.69) is 5.32 Å². The van der Waals surface area contributed by atoms with Crippen molar-refractivity contribution in [2.75, 3.05) is 6.54 Å². The van der Waals surface area contributed by atoms with Crippen LogP contribution in [0, 0.1) is 5.92 Å². The van der Waals surface area contributed by atoms with Crippen molar-refractivity contribution in [1.29, 1.82) is 0 Å². The molecule has 0 radical (unpaired) electrons. The number of carboxylic acids is 1. The third-order valence-electron chi connectivity index (χ3n) is 3.84. The highest BCUT2D eigenvalue weighted by molar-refractivity contribution is 5.78. The third kappa shape index (κ3) is 7.85. The molecule has 0 atom stereocenters. The number of carbonyl (C=O) groups excluding carboxylic acids is 1. The molecule has 1 aliphatic rings. The minimum absolute atomic E-state index is 0.229. The van der Waals surface area contributed by atoms with Crippen molar-refractivity contribution in [1.82, 2.24) is 5.32 Å². The molecule has 0 aromatic carbocycles. The Morgan fingerprint density at radius 1 is 0.947 bits per heavy atom. The number of carboxylic acid groups (broad SMARTS) is 1. The summed E-state index contributed by atoms with van der Waals surface area (Å²) in [5.41, 5.74) is 0. The van der Waals surface area contributed by atoms with Crippen molar-refractivity contribution in [3.05, 3.63) is 0 Å². The molecule has 0 aromatic rings. The molecule has 0 saturated heterocycles. The van der Waals surface area contributed by atoms with E-state index in [-0.39, 0.29) is 18.2 Å². The maximum atomic E-state index is 11.9. The van der Waals surface area contributed by atoms with Crippen molar-refractivity contribution in [3.8, 4) is 0 Å². The van der Waals surface area contributed by atoms with Crippen LogP contribution in [0.25, 0.3) is 0 Å². The smallest absolute Gasteiger partial charge is 0.303 e. The molecule has 0 heterocycles. The molecule has 1 fully saturated rings. The van der Waals surface area contributed by atoms with E-state index < -0.39 is 5.97 Å². The second-order valence-electron chi connectivity index (χ2n) is 5.54. The third-order valence-corrected chi connectivity index (χ3v) is 3.84. The van der Waals surface area contributed by atoms with Gasteiger partial charge in [0.15, 0.2) is 0 Å². The lowest BCUT2D eigenvalue weighted by Gasteiger charge is -2.13. The highest BCUT2D eigenvalue weighted by Crippen LogP contribution is 2.22. The van der Waals surface area contributed by atoms with Gasteiger partial charge in [-0.25, -0.2) is 0 Å². The first-order valence-electron chi connectivity index (χ1n) is 7.69. The zero-order valence-electron chi connectivity index (χ0n) is 11.8. The van der Waals surface area contributed by atoms with Crippen LogP contribution in [0.5, 0.6) is 0 Å². The summed E-state index contributed by atoms with van der Waals surface area (Å²) in [6.07, 6.45) is 10.9. The largest absolute Gasteiger partial charge is 0.481 e. The SMILES string of the molecule is O=C(O)CCCCCCNC(=O)C1CCCCCC1. The normalized spacial score (nSPS) is 16.8. The maximum Gasteiger partial charge on any atom is 0.303 e. The second-order valence-corrected chi connectivity index (χ2v) is 5.54. The Labute approximate surface area is 116 Å². The number of hydrogen-bond acceptors (Lipinski definition) is 2. The molecular weight excluding hydrogens is 242 g/mol. The number of aliphatic carboxylic acids is 1. The summed E-state index contributed by atoms with van der Waals surface area (Å²) in [5, 5.41) is 11.5. The van der Waals surface area contributed by atoms with E-state index in [1.54, 1.807) is 0 Å². The summed E-state index contributed by atoms with van der Waals surface area (Å²) in [6.45, 7) is 0.738. The maximum absolute atomic E-state index is 11.9. The fourth-order valence-electron chi connectivity index (χ4n) is 2.65. The Morgan fingerprint density at radius 3 is 2.21 bits per heavy atom. The van der Waals surface area contributed by atoms with Gasteiger partial charge in [0.2, 0.25) is 5.91 Å². The molecule has 0 aromatic heterocycles. The van der Waals surface area contributed by atoms with Crippen LogP contribution in [0.4, 0.5) is 0 Å². The molecule has 4 nitrogen and oxygen atoms in total. The molecule has 2 N–H and O–H groups in total. The summed E-state index contributed by atoms with van der Waals surface area (Å²) in [5.74, 6) is -0.261. The van der Waals surface area contributed by atoms with Crippen molar-refractivity contribution in [3.63, 3.8) is 0 Å². The van der Waals surface area contributed by atoms with Crippen LogP contribution < -0.4 is 5.32 Å². The fraction of sp³-hybridized carbons (Fsp3) is 0.867. The Balaban J connectivity index is 1.99. The minimum atomic E-state index is -0.721. The predicted molar refractivity (Wildman–Crippen MR) is 74.9 cm³/mol. The molecule has 1 rings (SSSR count). The van der Waals surface area contributed by atoms with Crippen LogP contribution >= 0.6 is 0 Å². The van der Waals surface area contributed by atoms with Crippen LogP contribution in [0.15, 0.2) is 0 Å².